The van der Waals surface area contributed by atoms with Gasteiger partial charge in [0.05, 0.1) is 5.60 Å². The second-order valence-electron chi connectivity index (χ2n) is 10.8. The van der Waals surface area contributed by atoms with Gasteiger partial charge in [-0.05, 0) is 76.3 Å². The van der Waals surface area contributed by atoms with Crippen LogP contribution in [0.3, 0.4) is 0 Å². The fraction of sp³-hybridized carbons (Fsp3) is 0.419. The molecule has 2 heterocycles. The molecule has 5 heteroatoms. The number of aryl methyl sites for hydroxylation is 3. The number of fused-ring (bicyclic) bond motifs is 1. The van der Waals surface area contributed by atoms with Gasteiger partial charge in [0.15, 0.2) is 6.10 Å². The molecule has 0 spiro atoms. The van der Waals surface area contributed by atoms with Crippen molar-refractivity contribution in [3.63, 3.8) is 0 Å². The number of benzene rings is 2. The molecular weight excluding hydrogens is 448 g/mol. The summed E-state index contributed by atoms with van der Waals surface area (Å²) < 4.78 is 6.13. The van der Waals surface area contributed by atoms with Gasteiger partial charge < -0.3 is 9.84 Å². The quantitative estimate of drug-likeness (QED) is 0.405. The predicted molar refractivity (Wildman–Crippen MR) is 144 cm³/mol. The van der Waals surface area contributed by atoms with Crippen LogP contribution >= 0.6 is 0 Å². The molecule has 0 bridgehead atoms. The molecule has 1 aromatic heterocycles. The van der Waals surface area contributed by atoms with E-state index >= 15 is 0 Å². The van der Waals surface area contributed by atoms with Crippen LogP contribution in [0.25, 0.3) is 11.1 Å². The van der Waals surface area contributed by atoms with Gasteiger partial charge in [0.25, 0.3) is 0 Å². The highest BCUT2D eigenvalue weighted by molar-refractivity contribution is 5.82. The molecule has 1 N–H and O–H groups in total. The molecule has 0 amide bonds. The van der Waals surface area contributed by atoms with Crippen LogP contribution in [0.2, 0.25) is 0 Å². The average Bonchev–Trinajstić information content (AvgIpc) is 2.83. The van der Waals surface area contributed by atoms with E-state index in [2.05, 4.69) is 66.4 Å². The van der Waals surface area contributed by atoms with Crippen LogP contribution in [0.15, 0.2) is 54.6 Å². The first-order valence-corrected chi connectivity index (χ1v) is 12.9. The first-order chi connectivity index (χ1) is 17.1. The van der Waals surface area contributed by atoms with Crippen molar-refractivity contribution in [3.8, 4) is 11.1 Å². The van der Waals surface area contributed by atoms with Crippen molar-refractivity contribution in [2.75, 3.05) is 13.1 Å². The maximum Gasteiger partial charge on any atom is 0.337 e. The first-order valence-electron chi connectivity index (χ1n) is 12.9. The normalized spacial score (nSPS) is 14.9. The number of carboxylic acids is 1. The van der Waals surface area contributed by atoms with Crippen LogP contribution in [-0.2, 0) is 28.9 Å². The highest BCUT2D eigenvalue weighted by Gasteiger charge is 2.34. The summed E-state index contributed by atoms with van der Waals surface area (Å²) in [6.45, 7) is 12.4. The van der Waals surface area contributed by atoms with Crippen molar-refractivity contribution >= 4 is 5.97 Å². The van der Waals surface area contributed by atoms with E-state index in [9.17, 15) is 9.90 Å². The van der Waals surface area contributed by atoms with E-state index in [0.717, 1.165) is 67.0 Å². The van der Waals surface area contributed by atoms with Crippen LogP contribution in [0, 0.1) is 13.8 Å². The zero-order chi connectivity index (χ0) is 25.9. The van der Waals surface area contributed by atoms with Crippen molar-refractivity contribution in [3.05, 3.63) is 88.2 Å². The molecule has 1 aliphatic rings. The SMILES string of the molecule is Cc1ccc(-c2c3c(nc(C)c2C(OC(C)(C)C)C(=O)O)CCN(CCCc2ccccc2)C3)cc1. The van der Waals surface area contributed by atoms with Gasteiger partial charge in [0.2, 0.25) is 0 Å². The predicted octanol–water partition coefficient (Wildman–Crippen LogP) is 6.30. The van der Waals surface area contributed by atoms with Gasteiger partial charge in [-0.25, -0.2) is 4.79 Å². The topological polar surface area (TPSA) is 62.7 Å². The third-order valence-electron chi connectivity index (χ3n) is 6.74. The monoisotopic (exact) mass is 486 g/mol. The number of pyridine rings is 1. The number of carboxylic acid groups (broad SMARTS) is 1. The number of rotatable bonds is 8. The summed E-state index contributed by atoms with van der Waals surface area (Å²) in [4.78, 5) is 19.9. The molecule has 0 saturated heterocycles. The van der Waals surface area contributed by atoms with Gasteiger partial charge in [-0.15, -0.1) is 0 Å². The molecule has 1 unspecified atom stereocenters. The molecule has 36 heavy (non-hydrogen) atoms. The minimum atomic E-state index is -1.09. The smallest absolute Gasteiger partial charge is 0.337 e. The van der Waals surface area contributed by atoms with E-state index in [1.54, 1.807) is 0 Å². The number of ether oxygens (including phenoxy) is 1. The summed E-state index contributed by atoms with van der Waals surface area (Å²) in [5.74, 6) is -0.987. The van der Waals surface area contributed by atoms with E-state index in [4.69, 9.17) is 9.72 Å². The third kappa shape index (κ3) is 6.21. The summed E-state index contributed by atoms with van der Waals surface area (Å²) in [6, 6.07) is 19.0. The van der Waals surface area contributed by atoms with Crippen molar-refractivity contribution in [1.82, 2.24) is 9.88 Å². The average molecular weight is 487 g/mol. The molecule has 2 aromatic carbocycles. The molecule has 1 aliphatic heterocycles. The number of hydrogen-bond donors (Lipinski definition) is 1. The van der Waals surface area contributed by atoms with Crippen LogP contribution in [0.4, 0.5) is 0 Å². The Hall–Kier alpha value is -3.02. The Kier molecular flexibility index (Phi) is 7.91. The van der Waals surface area contributed by atoms with Crippen LogP contribution in [-0.4, -0.2) is 39.7 Å². The van der Waals surface area contributed by atoms with Gasteiger partial charge in [-0.1, -0.05) is 60.2 Å². The van der Waals surface area contributed by atoms with E-state index in [0.29, 0.717) is 5.56 Å². The lowest BCUT2D eigenvalue weighted by Crippen LogP contribution is -2.34. The molecule has 5 nitrogen and oxygen atoms in total. The second kappa shape index (κ2) is 10.9. The molecule has 1 atom stereocenters. The lowest BCUT2D eigenvalue weighted by molar-refractivity contribution is -0.160. The van der Waals surface area contributed by atoms with Gasteiger partial charge >= 0.3 is 5.97 Å². The first kappa shape index (κ1) is 26.1. The van der Waals surface area contributed by atoms with Crippen molar-refractivity contribution in [1.29, 1.82) is 0 Å². The fourth-order valence-electron chi connectivity index (χ4n) is 5.06. The molecule has 3 aromatic rings. The zero-order valence-electron chi connectivity index (χ0n) is 22.2. The Morgan fingerprint density at radius 1 is 1.08 bits per heavy atom. The number of nitrogens with zero attached hydrogens (tertiary/aromatic N) is 2. The Balaban J connectivity index is 1.72. The standard InChI is InChI=1S/C31H38N2O3/c1-21-13-15-24(16-14-21)28-25-20-33(18-9-12-23-10-7-6-8-11-23)19-17-26(25)32-22(2)27(28)29(30(34)35)36-31(3,4)5/h6-8,10-11,13-16,29H,9,12,17-20H2,1-5H3,(H,34,35). The van der Waals surface area contributed by atoms with Crippen molar-refractivity contribution in [2.24, 2.45) is 0 Å². The molecule has 190 valence electrons. The Morgan fingerprint density at radius 2 is 1.78 bits per heavy atom. The van der Waals surface area contributed by atoms with Gasteiger partial charge in [-0.2, -0.15) is 0 Å². The minimum Gasteiger partial charge on any atom is -0.479 e. The lowest BCUT2D eigenvalue weighted by atomic mass is 9.87. The molecular formula is C31H38N2O3. The highest BCUT2D eigenvalue weighted by atomic mass is 16.5. The van der Waals surface area contributed by atoms with Gasteiger partial charge in [0.1, 0.15) is 0 Å². The highest BCUT2D eigenvalue weighted by Crippen LogP contribution is 2.40. The molecule has 0 aliphatic carbocycles. The molecule has 4 rings (SSSR count). The van der Waals surface area contributed by atoms with E-state index in [1.807, 2.05) is 27.7 Å². The van der Waals surface area contributed by atoms with E-state index in [1.165, 1.54) is 11.1 Å². The van der Waals surface area contributed by atoms with Gasteiger partial charge in [0, 0.05) is 36.5 Å². The summed E-state index contributed by atoms with van der Waals surface area (Å²) in [5, 5.41) is 10.2. The number of hydrogen-bond acceptors (Lipinski definition) is 4. The summed E-state index contributed by atoms with van der Waals surface area (Å²) in [6.07, 6.45) is 1.90. The summed E-state index contributed by atoms with van der Waals surface area (Å²) >= 11 is 0. The minimum absolute atomic E-state index is 0.612. The van der Waals surface area contributed by atoms with Crippen molar-refractivity contribution < 1.29 is 14.6 Å². The largest absolute Gasteiger partial charge is 0.479 e. The van der Waals surface area contributed by atoms with Crippen molar-refractivity contribution in [2.45, 2.75) is 72.1 Å². The Labute approximate surface area is 215 Å². The zero-order valence-corrected chi connectivity index (χ0v) is 22.2. The van der Waals surface area contributed by atoms with Crippen LogP contribution < -0.4 is 0 Å². The number of aliphatic carboxylic acids is 1. The number of carbonyl (C=O) groups is 1. The van der Waals surface area contributed by atoms with E-state index in [-0.39, 0.29) is 0 Å². The van der Waals surface area contributed by atoms with Gasteiger partial charge in [-0.3, -0.25) is 9.88 Å². The fourth-order valence-corrected chi connectivity index (χ4v) is 5.06. The Morgan fingerprint density at radius 3 is 2.42 bits per heavy atom. The molecule has 0 saturated carbocycles. The second-order valence-corrected chi connectivity index (χ2v) is 10.8. The van der Waals surface area contributed by atoms with Crippen LogP contribution in [0.1, 0.15) is 66.9 Å². The van der Waals surface area contributed by atoms with Crippen LogP contribution in [0.5, 0.6) is 0 Å². The summed E-state index contributed by atoms with van der Waals surface area (Å²) in [5.41, 5.74) is 7.53. The maximum absolute atomic E-state index is 12.5. The maximum atomic E-state index is 12.5. The molecule has 0 radical (unpaired) electrons. The molecule has 0 fully saturated rings. The number of aromatic nitrogens is 1. The van der Waals surface area contributed by atoms with E-state index < -0.39 is 17.7 Å². The summed E-state index contributed by atoms with van der Waals surface area (Å²) in [7, 11) is 0. The Bertz CT molecular complexity index is 1200. The third-order valence-corrected chi connectivity index (χ3v) is 6.74. The lowest BCUT2D eigenvalue weighted by Gasteiger charge is -2.33.